The summed E-state index contributed by atoms with van der Waals surface area (Å²) in [5.74, 6) is -0.236. The number of esters is 1. The summed E-state index contributed by atoms with van der Waals surface area (Å²) >= 11 is 6.34. The van der Waals surface area contributed by atoms with Crippen LogP contribution in [0.2, 0.25) is 5.02 Å². The van der Waals surface area contributed by atoms with Crippen LogP contribution in [0.4, 0.5) is 0 Å². The smallest absolute Gasteiger partial charge is 0.338 e. The number of rotatable bonds is 10. The first kappa shape index (κ1) is 30.8. The van der Waals surface area contributed by atoms with E-state index in [0.29, 0.717) is 45.8 Å². The molecule has 0 spiro atoms. The van der Waals surface area contributed by atoms with E-state index in [1.165, 1.54) is 14.2 Å². The molecule has 6 rings (SSSR count). The number of ether oxygens (including phenoxy) is 3. The zero-order valence-corrected chi connectivity index (χ0v) is 26.4. The summed E-state index contributed by atoms with van der Waals surface area (Å²) < 4.78 is 17.8. The second-order valence-electron chi connectivity index (χ2n) is 11.0. The molecule has 0 aliphatic carbocycles. The molecule has 0 aliphatic heterocycles. The van der Waals surface area contributed by atoms with E-state index in [2.05, 4.69) is 4.98 Å². The van der Waals surface area contributed by atoms with Gasteiger partial charge >= 0.3 is 5.97 Å². The highest BCUT2D eigenvalue weighted by atomic mass is 35.5. The Bertz CT molecular complexity index is 2120. The number of aromatic nitrogens is 2. The number of hydrogen-bond acceptors (Lipinski definition) is 6. The number of aromatic hydroxyl groups is 1. The molecule has 1 atom stereocenters. The number of nitrogens with one attached hydrogen (secondary N) is 1. The van der Waals surface area contributed by atoms with Crippen LogP contribution in [0, 0.1) is 0 Å². The molecule has 46 heavy (non-hydrogen) atoms. The molecule has 8 nitrogen and oxygen atoms in total. The van der Waals surface area contributed by atoms with Crippen LogP contribution in [0.15, 0.2) is 95.8 Å². The second kappa shape index (κ2) is 13.0. The lowest BCUT2D eigenvalue weighted by Gasteiger charge is -2.22. The van der Waals surface area contributed by atoms with E-state index in [0.717, 1.165) is 27.7 Å². The van der Waals surface area contributed by atoms with Crippen molar-refractivity contribution in [2.24, 2.45) is 7.05 Å². The second-order valence-corrected chi connectivity index (χ2v) is 11.4. The normalized spacial score (nSPS) is 11.9. The fraction of sp³-hybridized carbons (Fsp3) is 0.189. The number of para-hydroxylation sites is 1. The zero-order chi connectivity index (χ0) is 32.4. The average Bonchev–Trinajstić information content (AvgIpc) is 3.45. The lowest BCUT2D eigenvalue weighted by Crippen LogP contribution is -2.25. The average molecular weight is 637 g/mol. The van der Waals surface area contributed by atoms with E-state index < -0.39 is 11.9 Å². The Morgan fingerprint density at radius 2 is 1.65 bits per heavy atom. The van der Waals surface area contributed by atoms with E-state index in [1.54, 1.807) is 48.0 Å². The van der Waals surface area contributed by atoms with Gasteiger partial charge in [-0.3, -0.25) is 4.79 Å². The van der Waals surface area contributed by atoms with Crippen molar-refractivity contribution in [3.63, 3.8) is 0 Å². The molecular formula is C37H33ClN2O6. The van der Waals surface area contributed by atoms with Crippen LogP contribution < -0.4 is 15.0 Å². The van der Waals surface area contributed by atoms with Gasteiger partial charge in [-0.05, 0) is 66.4 Å². The Morgan fingerprint density at radius 1 is 0.913 bits per heavy atom. The molecule has 9 heteroatoms. The molecule has 2 heterocycles. The quantitative estimate of drug-likeness (QED) is 0.120. The predicted molar refractivity (Wildman–Crippen MR) is 180 cm³/mol. The Balaban J connectivity index is 1.39. The maximum atomic E-state index is 14.0. The highest BCUT2D eigenvalue weighted by molar-refractivity contribution is 6.31. The van der Waals surface area contributed by atoms with Gasteiger partial charge in [0.05, 0.1) is 43.4 Å². The molecule has 4 aromatic carbocycles. The lowest BCUT2D eigenvalue weighted by atomic mass is 9.85. The van der Waals surface area contributed by atoms with E-state index in [1.807, 2.05) is 54.6 Å². The van der Waals surface area contributed by atoms with Crippen molar-refractivity contribution >= 4 is 39.4 Å². The molecule has 234 valence electrons. The predicted octanol–water partition coefficient (Wildman–Crippen LogP) is 7.37. The number of halogens is 1. The summed E-state index contributed by atoms with van der Waals surface area (Å²) in [6, 6.07) is 27.6. The highest BCUT2D eigenvalue weighted by Gasteiger charge is 2.30. The number of carbonyl (C=O) groups excluding carboxylic acids is 1. The first-order valence-corrected chi connectivity index (χ1v) is 15.2. The molecule has 0 fully saturated rings. The van der Waals surface area contributed by atoms with E-state index in [-0.39, 0.29) is 23.5 Å². The van der Waals surface area contributed by atoms with Crippen molar-refractivity contribution in [3.8, 4) is 17.2 Å². The fourth-order valence-electron chi connectivity index (χ4n) is 6.11. The zero-order valence-electron chi connectivity index (χ0n) is 25.7. The van der Waals surface area contributed by atoms with Crippen molar-refractivity contribution < 1.29 is 24.1 Å². The van der Waals surface area contributed by atoms with Gasteiger partial charge in [-0.2, -0.15) is 0 Å². The van der Waals surface area contributed by atoms with Crippen LogP contribution in [0.25, 0.3) is 21.8 Å². The number of fused-ring (bicyclic) bond motifs is 2. The summed E-state index contributed by atoms with van der Waals surface area (Å²) in [6.45, 7) is 0.170. The third-order valence-electron chi connectivity index (χ3n) is 8.35. The van der Waals surface area contributed by atoms with Gasteiger partial charge in [0, 0.05) is 34.1 Å². The highest BCUT2D eigenvalue weighted by Crippen LogP contribution is 2.41. The minimum atomic E-state index is -0.625. The number of hydrogen-bond donors (Lipinski definition) is 2. The van der Waals surface area contributed by atoms with E-state index >= 15 is 0 Å². The number of nitrogens with zero attached hydrogens (tertiary/aromatic N) is 1. The van der Waals surface area contributed by atoms with Crippen molar-refractivity contribution in [2.45, 2.75) is 18.8 Å². The van der Waals surface area contributed by atoms with Gasteiger partial charge in [0.15, 0.2) is 11.5 Å². The summed E-state index contributed by atoms with van der Waals surface area (Å²) in [4.78, 5) is 30.5. The molecule has 0 saturated carbocycles. The fourth-order valence-corrected chi connectivity index (χ4v) is 6.28. The molecule has 0 aliphatic rings. The van der Waals surface area contributed by atoms with Crippen LogP contribution in [0.3, 0.4) is 0 Å². The standard InChI is InChI=1S/C37H33ClN2O6/c1-40-29-17-16-24(38)21-27(29)35(41)33(36(40)42)32(22-10-5-4-6-11-22)34-26(25-12-7-8-14-28(25)39-34)13-9-19-46-37(43)23-15-18-30(44-2)31(20-23)45-3/h4-8,10-12,14-18,20-21,32,39,41H,9,13,19H2,1-3H3. The van der Waals surface area contributed by atoms with Crippen molar-refractivity contribution in [2.75, 3.05) is 20.8 Å². The summed E-state index contributed by atoms with van der Waals surface area (Å²) in [5.41, 5.74) is 4.37. The summed E-state index contributed by atoms with van der Waals surface area (Å²) in [5, 5.41) is 13.7. The van der Waals surface area contributed by atoms with Crippen molar-refractivity contribution in [3.05, 3.63) is 134 Å². The third-order valence-corrected chi connectivity index (χ3v) is 8.58. The lowest BCUT2D eigenvalue weighted by molar-refractivity contribution is 0.0500. The van der Waals surface area contributed by atoms with Crippen LogP contribution in [-0.2, 0) is 18.2 Å². The number of carbonyl (C=O) groups is 1. The number of H-pyrrole nitrogens is 1. The van der Waals surface area contributed by atoms with Crippen LogP contribution in [-0.4, -0.2) is 41.5 Å². The maximum absolute atomic E-state index is 14.0. The van der Waals surface area contributed by atoms with Crippen LogP contribution in [0.5, 0.6) is 17.2 Å². The maximum Gasteiger partial charge on any atom is 0.338 e. The van der Waals surface area contributed by atoms with Crippen LogP contribution >= 0.6 is 11.6 Å². The first-order valence-electron chi connectivity index (χ1n) is 14.9. The Morgan fingerprint density at radius 3 is 2.41 bits per heavy atom. The minimum Gasteiger partial charge on any atom is -0.507 e. The van der Waals surface area contributed by atoms with E-state index in [9.17, 15) is 14.7 Å². The van der Waals surface area contributed by atoms with Gasteiger partial charge in [0.2, 0.25) is 0 Å². The van der Waals surface area contributed by atoms with Crippen LogP contribution in [0.1, 0.15) is 45.1 Å². The topological polar surface area (TPSA) is 103 Å². The summed E-state index contributed by atoms with van der Waals surface area (Å²) in [7, 11) is 4.74. The molecule has 0 amide bonds. The molecule has 6 aromatic rings. The first-order chi connectivity index (χ1) is 22.3. The molecular weight excluding hydrogens is 604 g/mol. The molecule has 1 unspecified atom stereocenters. The van der Waals surface area contributed by atoms with Crippen molar-refractivity contribution in [1.82, 2.24) is 9.55 Å². The van der Waals surface area contributed by atoms with Gasteiger partial charge in [-0.25, -0.2) is 4.79 Å². The SMILES string of the molecule is COc1ccc(C(=O)OCCCc2c(C(c3ccccc3)c3c(O)c4cc(Cl)ccc4n(C)c3=O)[nH]c3ccccc23)cc1OC. The summed E-state index contributed by atoms with van der Waals surface area (Å²) in [6.07, 6.45) is 1.06. The number of aryl methyl sites for hydroxylation is 2. The Labute approximate surface area is 270 Å². The van der Waals surface area contributed by atoms with Gasteiger partial charge in [0.25, 0.3) is 5.56 Å². The van der Waals surface area contributed by atoms with Gasteiger partial charge < -0.3 is 28.9 Å². The van der Waals surface area contributed by atoms with Gasteiger partial charge in [-0.15, -0.1) is 0 Å². The molecule has 0 bridgehead atoms. The van der Waals surface area contributed by atoms with E-state index in [4.69, 9.17) is 25.8 Å². The third kappa shape index (κ3) is 5.68. The minimum absolute atomic E-state index is 0.108. The van der Waals surface area contributed by atoms with Gasteiger partial charge in [0.1, 0.15) is 5.75 Å². The Kier molecular flexibility index (Phi) is 8.72. The number of methoxy groups -OCH3 is 2. The number of aromatic amines is 1. The largest absolute Gasteiger partial charge is 0.507 e. The monoisotopic (exact) mass is 636 g/mol. The molecule has 2 aromatic heterocycles. The molecule has 0 saturated heterocycles. The molecule has 0 radical (unpaired) electrons. The Hall–Kier alpha value is -5.21. The number of benzene rings is 4. The number of pyridine rings is 1. The molecule has 2 N–H and O–H groups in total. The van der Waals surface area contributed by atoms with Crippen molar-refractivity contribution in [1.29, 1.82) is 0 Å². The van der Waals surface area contributed by atoms with Gasteiger partial charge in [-0.1, -0.05) is 60.1 Å².